The molecule has 1 saturated heterocycles. The smallest absolute Gasteiger partial charge is 0.321 e. The molecular formula is C19H31N3O. The molecule has 0 unspecified atom stereocenters. The molecule has 0 atom stereocenters. The van der Waals surface area contributed by atoms with Gasteiger partial charge in [0, 0.05) is 31.9 Å². The fraction of sp³-hybridized carbons (Fsp3) is 0.632. The van der Waals surface area contributed by atoms with Crippen molar-refractivity contribution < 1.29 is 4.79 Å². The van der Waals surface area contributed by atoms with E-state index in [9.17, 15) is 4.79 Å². The molecule has 4 heteroatoms. The van der Waals surface area contributed by atoms with Crippen LogP contribution in [0.4, 0.5) is 10.5 Å². The molecule has 1 aromatic carbocycles. The average molecular weight is 317 g/mol. The molecule has 0 spiro atoms. The van der Waals surface area contributed by atoms with E-state index in [0.29, 0.717) is 5.92 Å². The van der Waals surface area contributed by atoms with Gasteiger partial charge in [0.2, 0.25) is 0 Å². The molecule has 0 radical (unpaired) electrons. The van der Waals surface area contributed by atoms with E-state index < -0.39 is 0 Å². The van der Waals surface area contributed by atoms with E-state index in [0.717, 1.165) is 44.3 Å². The first-order valence-corrected chi connectivity index (χ1v) is 8.84. The molecule has 1 aromatic rings. The van der Waals surface area contributed by atoms with Crippen LogP contribution in [0.5, 0.6) is 0 Å². The molecule has 1 N–H and O–H groups in total. The van der Waals surface area contributed by atoms with E-state index >= 15 is 0 Å². The summed E-state index contributed by atoms with van der Waals surface area (Å²) in [5.74, 6) is 1.14. The van der Waals surface area contributed by atoms with Crippen molar-refractivity contribution in [3.05, 3.63) is 29.8 Å². The van der Waals surface area contributed by atoms with Gasteiger partial charge in [-0.25, -0.2) is 4.79 Å². The molecule has 0 aliphatic carbocycles. The van der Waals surface area contributed by atoms with Crippen molar-refractivity contribution in [2.45, 2.75) is 40.0 Å². The Morgan fingerprint density at radius 2 is 1.74 bits per heavy atom. The van der Waals surface area contributed by atoms with E-state index in [2.05, 4.69) is 44.0 Å². The first kappa shape index (κ1) is 17.8. The minimum absolute atomic E-state index is 0.0293. The Hall–Kier alpha value is -1.55. The van der Waals surface area contributed by atoms with Crippen LogP contribution in [-0.2, 0) is 0 Å². The Bertz CT molecular complexity index is 505. The van der Waals surface area contributed by atoms with Gasteiger partial charge in [-0.1, -0.05) is 45.9 Å². The summed E-state index contributed by atoms with van der Waals surface area (Å²) in [6, 6.07) is 8.11. The largest absolute Gasteiger partial charge is 0.322 e. The molecule has 4 nitrogen and oxygen atoms in total. The Kier molecular flexibility index (Phi) is 6.46. The second kappa shape index (κ2) is 8.34. The van der Waals surface area contributed by atoms with E-state index in [4.69, 9.17) is 0 Å². The third-order valence-corrected chi connectivity index (χ3v) is 4.51. The van der Waals surface area contributed by atoms with Crippen molar-refractivity contribution in [3.63, 3.8) is 0 Å². The number of carbonyl (C=O) groups excluding carboxylic acids is 1. The Labute approximate surface area is 140 Å². The molecule has 0 aromatic heterocycles. The van der Waals surface area contributed by atoms with Crippen molar-refractivity contribution in [2.24, 2.45) is 5.92 Å². The van der Waals surface area contributed by atoms with Gasteiger partial charge >= 0.3 is 6.03 Å². The molecule has 1 aliphatic rings. The van der Waals surface area contributed by atoms with Crippen LogP contribution in [0.1, 0.15) is 45.6 Å². The molecule has 1 heterocycles. The number of nitrogens with one attached hydrogen (secondary N) is 1. The second-order valence-electron chi connectivity index (χ2n) is 7.18. The number of para-hydroxylation sites is 1. The molecule has 2 amide bonds. The van der Waals surface area contributed by atoms with Crippen LogP contribution in [-0.4, -0.2) is 48.6 Å². The summed E-state index contributed by atoms with van der Waals surface area (Å²) in [4.78, 5) is 16.9. The van der Waals surface area contributed by atoms with Crippen molar-refractivity contribution in [2.75, 3.05) is 38.0 Å². The number of carbonyl (C=O) groups is 1. The quantitative estimate of drug-likeness (QED) is 0.891. The van der Waals surface area contributed by atoms with Crippen LogP contribution >= 0.6 is 0 Å². The summed E-state index contributed by atoms with van der Waals surface area (Å²) in [6.07, 6.45) is 1.23. The number of benzene rings is 1. The summed E-state index contributed by atoms with van der Waals surface area (Å²) in [5.41, 5.74) is 2.13. The van der Waals surface area contributed by atoms with Gasteiger partial charge in [0.15, 0.2) is 0 Å². The third-order valence-electron chi connectivity index (χ3n) is 4.51. The number of anilines is 1. The zero-order chi connectivity index (χ0) is 16.8. The van der Waals surface area contributed by atoms with Crippen molar-refractivity contribution >= 4 is 11.7 Å². The topological polar surface area (TPSA) is 35.6 Å². The first-order valence-electron chi connectivity index (χ1n) is 8.84. The SMILES string of the molecule is CC(C)CCN1CCN(C(=O)Nc2ccccc2C(C)C)CC1. The van der Waals surface area contributed by atoms with Gasteiger partial charge in [0.05, 0.1) is 0 Å². The van der Waals surface area contributed by atoms with Gasteiger partial charge in [0.25, 0.3) is 0 Å². The average Bonchev–Trinajstić information content (AvgIpc) is 2.53. The summed E-state index contributed by atoms with van der Waals surface area (Å²) in [6.45, 7) is 13.5. The first-order chi connectivity index (χ1) is 11.0. The number of amides is 2. The molecule has 1 aliphatic heterocycles. The molecule has 23 heavy (non-hydrogen) atoms. The zero-order valence-electron chi connectivity index (χ0n) is 15.0. The summed E-state index contributed by atoms with van der Waals surface area (Å²) >= 11 is 0. The zero-order valence-corrected chi connectivity index (χ0v) is 15.0. The molecule has 0 saturated carbocycles. The van der Waals surface area contributed by atoms with E-state index in [1.54, 1.807) is 0 Å². The van der Waals surface area contributed by atoms with Crippen LogP contribution in [0.3, 0.4) is 0 Å². The Balaban J connectivity index is 1.86. The van der Waals surface area contributed by atoms with Crippen LogP contribution in [0.15, 0.2) is 24.3 Å². The number of piperazine rings is 1. The normalized spacial score (nSPS) is 16.2. The van der Waals surface area contributed by atoms with Gasteiger partial charge in [0.1, 0.15) is 0 Å². The molecular weight excluding hydrogens is 286 g/mol. The van der Waals surface area contributed by atoms with E-state index in [1.807, 2.05) is 23.1 Å². The summed E-state index contributed by atoms with van der Waals surface area (Å²) in [5, 5.41) is 3.10. The predicted molar refractivity (Wildman–Crippen MR) is 97.0 cm³/mol. The number of rotatable bonds is 5. The maximum atomic E-state index is 12.5. The Morgan fingerprint density at radius 1 is 1.09 bits per heavy atom. The minimum atomic E-state index is 0.0293. The second-order valence-corrected chi connectivity index (χ2v) is 7.18. The van der Waals surface area contributed by atoms with Crippen molar-refractivity contribution in [1.29, 1.82) is 0 Å². The number of hydrogen-bond donors (Lipinski definition) is 1. The monoisotopic (exact) mass is 317 g/mol. The van der Waals surface area contributed by atoms with Crippen LogP contribution in [0, 0.1) is 5.92 Å². The highest BCUT2D eigenvalue weighted by molar-refractivity contribution is 5.90. The highest BCUT2D eigenvalue weighted by Crippen LogP contribution is 2.24. The van der Waals surface area contributed by atoms with Gasteiger partial charge < -0.3 is 10.2 Å². The number of hydrogen-bond acceptors (Lipinski definition) is 2. The summed E-state index contributed by atoms with van der Waals surface area (Å²) < 4.78 is 0. The lowest BCUT2D eigenvalue weighted by molar-refractivity contribution is 0.143. The van der Waals surface area contributed by atoms with Gasteiger partial charge in [-0.3, -0.25) is 4.90 Å². The van der Waals surface area contributed by atoms with Gasteiger partial charge in [-0.2, -0.15) is 0 Å². The molecule has 2 rings (SSSR count). The van der Waals surface area contributed by atoms with Gasteiger partial charge in [-0.05, 0) is 36.4 Å². The predicted octanol–water partition coefficient (Wildman–Crippen LogP) is 4.01. The maximum Gasteiger partial charge on any atom is 0.321 e. The minimum Gasteiger partial charge on any atom is -0.322 e. The molecule has 1 fully saturated rings. The third kappa shape index (κ3) is 5.24. The summed E-state index contributed by atoms with van der Waals surface area (Å²) in [7, 11) is 0. The maximum absolute atomic E-state index is 12.5. The fourth-order valence-electron chi connectivity index (χ4n) is 2.92. The molecule has 0 bridgehead atoms. The van der Waals surface area contributed by atoms with Crippen LogP contribution < -0.4 is 5.32 Å². The lowest BCUT2D eigenvalue weighted by Gasteiger charge is -2.35. The lowest BCUT2D eigenvalue weighted by Crippen LogP contribution is -2.50. The standard InChI is InChI=1S/C19H31N3O/c1-15(2)9-10-21-11-13-22(14-12-21)19(23)20-18-8-6-5-7-17(18)16(3)4/h5-8,15-16H,9-14H2,1-4H3,(H,20,23). The molecule has 128 valence electrons. The number of urea groups is 1. The highest BCUT2D eigenvalue weighted by Gasteiger charge is 2.21. The van der Waals surface area contributed by atoms with Crippen molar-refractivity contribution in [1.82, 2.24) is 9.80 Å². The van der Waals surface area contributed by atoms with E-state index in [-0.39, 0.29) is 6.03 Å². The van der Waals surface area contributed by atoms with E-state index in [1.165, 1.54) is 12.0 Å². The van der Waals surface area contributed by atoms with Crippen molar-refractivity contribution in [3.8, 4) is 0 Å². The lowest BCUT2D eigenvalue weighted by atomic mass is 10.0. The fourth-order valence-corrected chi connectivity index (χ4v) is 2.92. The van der Waals surface area contributed by atoms with Crippen LogP contribution in [0.25, 0.3) is 0 Å². The Morgan fingerprint density at radius 3 is 2.35 bits per heavy atom. The highest BCUT2D eigenvalue weighted by atomic mass is 16.2. The van der Waals surface area contributed by atoms with Crippen LogP contribution in [0.2, 0.25) is 0 Å². The van der Waals surface area contributed by atoms with Gasteiger partial charge in [-0.15, -0.1) is 0 Å². The number of nitrogens with zero attached hydrogens (tertiary/aromatic N) is 2.